The van der Waals surface area contributed by atoms with E-state index >= 15 is 0 Å². The Hall–Kier alpha value is -1.06. The van der Waals surface area contributed by atoms with Crippen LogP contribution in [0.3, 0.4) is 0 Å². The summed E-state index contributed by atoms with van der Waals surface area (Å²) < 4.78 is 5.02. The molecule has 0 saturated carbocycles. The van der Waals surface area contributed by atoms with Gasteiger partial charge in [0.05, 0.1) is 0 Å². The number of halogens is 1. The lowest BCUT2D eigenvalue weighted by Crippen LogP contribution is -2.34. The Balaban J connectivity index is 2.13. The summed E-state index contributed by atoms with van der Waals surface area (Å²) in [6.07, 6.45) is 2.05. The molecule has 0 spiro atoms. The fourth-order valence-electron chi connectivity index (χ4n) is 2.43. The lowest BCUT2D eigenvalue weighted by molar-refractivity contribution is -0.142. The van der Waals surface area contributed by atoms with Crippen molar-refractivity contribution in [1.82, 2.24) is 4.90 Å². The van der Waals surface area contributed by atoms with Crippen molar-refractivity contribution in [3.63, 3.8) is 0 Å². The molecular weight excluding hydrogens is 238 g/mol. The number of carbonyl (C=O) groups is 1. The predicted molar refractivity (Wildman–Crippen MR) is 66.7 cm³/mol. The Bertz CT molecular complexity index is 380. The van der Waals surface area contributed by atoms with Gasteiger partial charge in [-0.05, 0) is 37.5 Å². The largest absolute Gasteiger partial charge is 0.449 e. The van der Waals surface area contributed by atoms with Crippen LogP contribution in [0.2, 0.25) is 5.02 Å². The van der Waals surface area contributed by atoms with Gasteiger partial charge in [0.2, 0.25) is 0 Å². The summed E-state index contributed by atoms with van der Waals surface area (Å²) in [4.78, 5) is 12.6. The maximum atomic E-state index is 10.4. The van der Waals surface area contributed by atoms with Gasteiger partial charge in [-0.2, -0.15) is 0 Å². The average Bonchev–Trinajstić information content (AvgIpc) is 2.79. The third-order valence-electron chi connectivity index (χ3n) is 3.27. The summed E-state index contributed by atoms with van der Waals surface area (Å²) >= 11 is 5.88. The minimum atomic E-state index is -0.171. The zero-order valence-corrected chi connectivity index (χ0v) is 10.6. The van der Waals surface area contributed by atoms with Crippen LogP contribution in [0.25, 0.3) is 0 Å². The third kappa shape index (κ3) is 2.79. The SMILES string of the molecule is CC(OC=O)N1CCCC1c1ccc(Cl)cc1. The first-order valence-corrected chi connectivity index (χ1v) is 6.20. The normalized spacial score (nSPS) is 22.4. The molecular formula is C13H16ClNO2. The Morgan fingerprint density at radius 1 is 1.47 bits per heavy atom. The van der Waals surface area contributed by atoms with Crippen molar-refractivity contribution in [3.8, 4) is 0 Å². The first-order chi connectivity index (χ1) is 8.22. The molecule has 17 heavy (non-hydrogen) atoms. The molecule has 0 N–H and O–H groups in total. The number of ether oxygens (including phenoxy) is 1. The average molecular weight is 254 g/mol. The van der Waals surface area contributed by atoms with Crippen LogP contribution in [0, 0.1) is 0 Å². The van der Waals surface area contributed by atoms with Crippen molar-refractivity contribution in [2.24, 2.45) is 0 Å². The van der Waals surface area contributed by atoms with E-state index in [1.807, 2.05) is 31.2 Å². The Labute approximate surface area is 106 Å². The molecule has 0 aromatic heterocycles. The van der Waals surface area contributed by atoms with E-state index in [1.165, 1.54) is 5.56 Å². The predicted octanol–water partition coefficient (Wildman–Crippen LogP) is 3.00. The fraction of sp³-hybridized carbons (Fsp3) is 0.462. The van der Waals surface area contributed by atoms with Crippen molar-refractivity contribution in [2.45, 2.75) is 32.0 Å². The zero-order valence-electron chi connectivity index (χ0n) is 9.80. The summed E-state index contributed by atoms with van der Waals surface area (Å²) in [5, 5.41) is 0.746. The van der Waals surface area contributed by atoms with Crippen molar-refractivity contribution in [3.05, 3.63) is 34.9 Å². The molecule has 1 heterocycles. The molecule has 2 atom stereocenters. The van der Waals surface area contributed by atoms with Crippen LogP contribution in [-0.4, -0.2) is 24.1 Å². The molecule has 0 aliphatic carbocycles. The maximum Gasteiger partial charge on any atom is 0.294 e. The van der Waals surface area contributed by atoms with Gasteiger partial charge in [0, 0.05) is 17.6 Å². The van der Waals surface area contributed by atoms with Crippen LogP contribution in [0.1, 0.15) is 31.4 Å². The lowest BCUT2D eigenvalue weighted by atomic mass is 10.0. The molecule has 1 aromatic carbocycles. The topological polar surface area (TPSA) is 29.5 Å². The number of likely N-dealkylation sites (tertiary alicyclic amines) is 1. The zero-order chi connectivity index (χ0) is 12.3. The van der Waals surface area contributed by atoms with Gasteiger partial charge in [-0.3, -0.25) is 9.69 Å². The summed E-state index contributed by atoms with van der Waals surface area (Å²) in [6, 6.07) is 8.21. The van der Waals surface area contributed by atoms with E-state index in [-0.39, 0.29) is 6.23 Å². The van der Waals surface area contributed by atoms with E-state index in [1.54, 1.807) is 0 Å². The third-order valence-corrected chi connectivity index (χ3v) is 3.52. The molecule has 2 rings (SSSR count). The molecule has 0 radical (unpaired) electrons. The van der Waals surface area contributed by atoms with Crippen LogP contribution in [0.15, 0.2) is 24.3 Å². The quantitative estimate of drug-likeness (QED) is 0.773. The van der Waals surface area contributed by atoms with Crippen LogP contribution >= 0.6 is 11.6 Å². The minimum Gasteiger partial charge on any atom is -0.449 e. The molecule has 1 aromatic rings. The van der Waals surface area contributed by atoms with Crippen molar-refractivity contribution >= 4 is 18.1 Å². The molecule has 1 aliphatic rings. The number of hydrogen-bond donors (Lipinski definition) is 0. The van der Waals surface area contributed by atoms with Gasteiger partial charge in [0.25, 0.3) is 6.47 Å². The number of hydrogen-bond acceptors (Lipinski definition) is 3. The number of nitrogens with zero attached hydrogens (tertiary/aromatic N) is 1. The highest BCUT2D eigenvalue weighted by atomic mass is 35.5. The van der Waals surface area contributed by atoms with Gasteiger partial charge >= 0.3 is 0 Å². The monoisotopic (exact) mass is 253 g/mol. The molecule has 4 heteroatoms. The summed E-state index contributed by atoms with van der Waals surface area (Å²) in [7, 11) is 0. The van der Waals surface area contributed by atoms with E-state index in [4.69, 9.17) is 16.3 Å². The highest BCUT2D eigenvalue weighted by molar-refractivity contribution is 6.30. The van der Waals surface area contributed by atoms with Crippen LogP contribution in [0.5, 0.6) is 0 Å². The van der Waals surface area contributed by atoms with E-state index in [0.29, 0.717) is 12.5 Å². The molecule has 1 aliphatic heterocycles. The molecule has 1 saturated heterocycles. The lowest BCUT2D eigenvalue weighted by Gasteiger charge is -2.29. The van der Waals surface area contributed by atoms with E-state index in [0.717, 1.165) is 24.4 Å². The van der Waals surface area contributed by atoms with Crippen LogP contribution in [0.4, 0.5) is 0 Å². The van der Waals surface area contributed by atoms with Gasteiger partial charge in [-0.15, -0.1) is 0 Å². The van der Waals surface area contributed by atoms with Gasteiger partial charge in [-0.25, -0.2) is 0 Å². The maximum absolute atomic E-state index is 10.4. The van der Waals surface area contributed by atoms with Crippen LogP contribution < -0.4 is 0 Å². The second-order valence-corrected chi connectivity index (χ2v) is 4.72. The van der Waals surface area contributed by atoms with Crippen molar-refractivity contribution in [2.75, 3.05) is 6.54 Å². The molecule has 0 bridgehead atoms. The van der Waals surface area contributed by atoms with Gasteiger partial charge in [0.15, 0.2) is 6.23 Å². The highest BCUT2D eigenvalue weighted by Gasteiger charge is 2.30. The molecule has 2 unspecified atom stereocenters. The van der Waals surface area contributed by atoms with Gasteiger partial charge < -0.3 is 4.74 Å². The Kier molecular flexibility index (Phi) is 4.02. The molecule has 3 nitrogen and oxygen atoms in total. The van der Waals surface area contributed by atoms with E-state index < -0.39 is 0 Å². The number of benzene rings is 1. The molecule has 92 valence electrons. The van der Waals surface area contributed by atoms with Crippen LogP contribution in [-0.2, 0) is 9.53 Å². The summed E-state index contributed by atoms with van der Waals surface area (Å²) in [5.74, 6) is 0. The Morgan fingerprint density at radius 3 is 2.82 bits per heavy atom. The summed E-state index contributed by atoms with van der Waals surface area (Å²) in [6.45, 7) is 3.38. The van der Waals surface area contributed by atoms with Crippen molar-refractivity contribution < 1.29 is 9.53 Å². The second kappa shape index (κ2) is 5.52. The fourth-order valence-corrected chi connectivity index (χ4v) is 2.55. The van der Waals surface area contributed by atoms with Crippen molar-refractivity contribution in [1.29, 1.82) is 0 Å². The number of carbonyl (C=O) groups excluding carboxylic acids is 1. The van der Waals surface area contributed by atoms with E-state index in [9.17, 15) is 4.79 Å². The minimum absolute atomic E-state index is 0.171. The Morgan fingerprint density at radius 2 is 2.18 bits per heavy atom. The first kappa shape index (κ1) is 12.4. The van der Waals surface area contributed by atoms with Gasteiger partial charge in [0.1, 0.15) is 0 Å². The highest BCUT2D eigenvalue weighted by Crippen LogP contribution is 2.34. The molecule has 1 fully saturated rings. The molecule has 0 amide bonds. The van der Waals surface area contributed by atoms with E-state index in [2.05, 4.69) is 4.90 Å². The summed E-state index contributed by atoms with van der Waals surface area (Å²) in [5.41, 5.74) is 1.23. The first-order valence-electron chi connectivity index (χ1n) is 5.82. The second-order valence-electron chi connectivity index (χ2n) is 4.28. The van der Waals surface area contributed by atoms with Gasteiger partial charge in [-0.1, -0.05) is 23.7 Å². The number of rotatable bonds is 4. The smallest absolute Gasteiger partial charge is 0.294 e. The standard InChI is InChI=1S/C13H16ClNO2/c1-10(17-9-16)15-8-2-3-13(15)11-4-6-12(14)7-5-11/h4-7,9-10,13H,2-3,8H2,1H3.